The van der Waals surface area contributed by atoms with Gasteiger partial charge in [-0.05, 0) is 30.7 Å². The smallest absolute Gasteiger partial charge is 0.227 e. The van der Waals surface area contributed by atoms with Gasteiger partial charge in [-0.15, -0.1) is 0 Å². The van der Waals surface area contributed by atoms with Gasteiger partial charge in [0.25, 0.3) is 0 Å². The molecule has 0 unspecified atom stereocenters. The summed E-state index contributed by atoms with van der Waals surface area (Å²) in [5.41, 5.74) is 6.19. The molecule has 1 aliphatic carbocycles. The van der Waals surface area contributed by atoms with Crippen LogP contribution in [0.25, 0.3) is 0 Å². The van der Waals surface area contributed by atoms with Crippen LogP contribution in [0.5, 0.6) is 0 Å². The summed E-state index contributed by atoms with van der Waals surface area (Å²) in [5.74, 6) is 2.18. The van der Waals surface area contributed by atoms with Crippen molar-refractivity contribution < 1.29 is 4.52 Å². The standard InChI is InChI=1S/C14H25N3O/c1-11(2)8-12-16-13(18-17-12)9-14(10-15)6-4-3-5-7-14/h11H,3-10,15H2,1-2H3. The zero-order valence-electron chi connectivity index (χ0n) is 11.6. The van der Waals surface area contributed by atoms with Crippen LogP contribution in [0.3, 0.4) is 0 Å². The Labute approximate surface area is 109 Å². The molecule has 0 amide bonds. The monoisotopic (exact) mass is 251 g/mol. The van der Waals surface area contributed by atoms with Crippen molar-refractivity contribution in [3.63, 3.8) is 0 Å². The lowest BCUT2D eigenvalue weighted by atomic mass is 9.72. The molecular weight excluding hydrogens is 226 g/mol. The third-order valence-electron chi connectivity index (χ3n) is 3.97. The van der Waals surface area contributed by atoms with Crippen LogP contribution in [-0.2, 0) is 12.8 Å². The van der Waals surface area contributed by atoms with Crippen molar-refractivity contribution >= 4 is 0 Å². The predicted molar refractivity (Wildman–Crippen MR) is 71.1 cm³/mol. The van der Waals surface area contributed by atoms with Gasteiger partial charge in [-0.1, -0.05) is 38.3 Å². The molecule has 4 nitrogen and oxygen atoms in total. The summed E-state index contributed by atoms with van der Waals surface area (Å²) in [7, 11) is 0. The molecule has 4 heteroatoms. The van der Waals surface area contributed by atoms with E-state index >= 15 is 0 Å². The van der Waals surface area contributed by atoms with Crippen LogP contribution >= 0.6 is 0 Å². The minimum Gasteiger partial charge on any atom is -0.339 e. The van der Waals surface area contributed by atoms with Crippen LogP contribution in [0.1, 0.15) is 57.7 Å². The number of hydrogen-bond donors (Lipinski definition) is 1. The summed E-state index contributed by atoms with van der Waals surface area (Å²) in [6.07, 6.45) is 8.04. The van der Waals surface area contributed by atoms with E-state index in [4.69, 9.17) is 10.3 Å². The second-order valence-electron chi connectivity index (χ2n) is 6.14. The maximum atomic E-state index is 5.98. The molecule has 1 aromatic heterocycles. The highest BCUT2D eigenvalue weighted by Gasteiger charge is 2.32. The van der Waals surface area contributed by atoms with Crippen molar-refractivity contribution in [3.05, 3.63) is 11.7 Å². The molecule has 0 aromatic carbocycles. The van der Waals surface area contributed by atoms with Crippen molar-refractivity contribution in [2.24, 2.45) is 17.1 Å². The third-order valence-corrected chi connectivity index (χ3v) is 3.97. The highest BCUT2D eigenvalue weighted by molar-refractivity contribution is 4.95. The molecule has 1 heterocycles. The minimum absolute atomic E-state index is 0.208. The Hall–Kier alpha value is -0.900. The van der Waals surface area contributed by atoms with Gasteiger partial charge in [0.2, 0.25) is 5.89 Å². The Morgan fingerprint density at radius 2 is 2.00 bits per heavy atom. The second kappa shape index (κ2) is 5.83. The first kappa shape index (κ1) is 13.5. The number of hydrogen-bond acceptors (Lipinski definition) is 4. The van der Waals surface area contributed by atoms with E-state index in [9.17, 15) is 0 Å². The molecule has 0 atom stereocenters. The van der Waals surface area contributed by atoms with Crippen LogP contribution in [0, 0.1) is 11.3 Å². The fourth-order valence-electron chi connectivity index (χ4n) is 2.89. The number of nitrogens with two attached hydrogens (primary N) is 1. The second-order valence-corrected chi connectivity index (χ2v) is 6.14. The SMILES string of the molecule is CC(C)Cc1noc(CC2(CN)CCCCC2)n1. The summed E-state index contributed by atoms with van der Waals surface area (Å²) in [6.45, 7) is 5.06. The van der Waals surface area contributed by atoms with Gasteiger partial charge < -0.3 is 10.3 Å². The molecule has 1 aliphatic rings. The van der Waals surface area contributed by atoms with E-state index in [0.29, 0.717) is 5.92 Å². The molecule has 2 rings (SSSR count). The highest BCUT2D eigenvalue weighted by atomic mass is 16.5. The number of aromatic nitrogens is 2. The number of nitrogens with zero attached hydrogens (tertiary/aromatic N) is 2. The van der Waals surface area contributed by atoms with Crippen LogP contribution < -0.4 is 5.73 Å². The van der Waals surface area contributed by atoms with Gasteiger partial charge in [-0.3, -0.25) is 0 Å². The van der Waals surface area contributed by atoms with Gasteiger partial charge in [-0.25, -0.2) is 0 Å². The van der Waals surface area contributed by atoms with Gasteiger partial charge in [0.05, 0.1) is 0 Å². The van der Waals surface area contributed by atoms with E-state index in [2.05, 4.69) is 24.0 Å². The van der Waals surface area contributed by atoms with Crippen molar-refractivity contribution in [1.29, 1.82) is 0 Å². The van der Waals surface area contributed by atoms with E-state index in [-0.39, 0.29) is 5.41 Å². The zero-order valence-corrected chi connectivity index (χ0v) is 11.6. The molecule has 0 aliphatic heterocycles. The Bertz CT molecular complexity index is 367. The van der Waals surface area contributed by atoms with Crippen LogP contribution in [0.4, 0.5) is 0 Å². The van der Waals surface area contributed by atoms with Crippen molar-refractivity contribution in [2.75, 3.05) is 6.54 Å². The van der Waals surface area contributed by atoms with E-state index < -0.39 is 0 Å². The molecule has 1 fully saturated rings. The van der Waals surface area contributed by atoms with Gasteiger partial charge in [-0.2, -0.15) is 4.98 Å². The average molecular weight is 251 g/mol. The normalized spacial score (nSPS) is 19.3. The summed E-state index contributed by atoms with van der Waals surface area (Å²) in [4.78, 5) is 4.50. The van der Waals surface area contributed by atoms with Gasteiger partial charge in [0, 0.05) is 12.8 Å². The van der Waals surface area contributed by atoms with Crippen LogP contribution in [0.15, 0.2) is 4.52 Å². The summed E-state index contributed by atoms with van der Waals surface area (Å²) < 4.78 is 5.38. The van der Waals surface area contributed by atoms with E-state index in [0.717, 1.165) is 31.1 Å². The molecule has 0 bridgehead atoms. The molecule has 1 aromatic rings. The van der Waals surface area contributed by atoms with Gasteiger partial charge >= 0.3 is 0 Å². The Kier molecular flexibility index (Phi) is 4.38. The molecule has 0 saturated heterocycles. The van der Waals surface area contributed by atoms with Crippen LogP contribution in [0.2, 0.25) is 0 Å². The molecular formula is C14H25N3O. The quantitative estimate of drug-likeness (QED) is 0.874. The predicted octanol–water partition coefficient (Wildman–Crippen LogP) is 2.72. The molecule has 0 radical (unpaired) electrons. The molecule has 1 saturated carbocycles. The highest BCUT2D eigenvalue weighted by Crippen LogP contribution is 2.37. The number of rotatable bonds is 5. The maximum absolute atomic E-state index is 5.98. The Balaban J connectivity index is 2.00. The maximum Gasteiger partial charge on any atom is 0.227 e. The molecule has 18 heavy (non-hydrogen) atoms. The van der Waals surface area contributed by atoms with E-state index in [1.54, 1.807) is 0 Å². The summed E-state index contributed by atoms with van der Waals surface area (Å²) >= 11 is 0. The Morgan fingerprint density at radius 3 is 2.61 bits per heavy atom. The minimum atomic E-state index is 0.208. The van der Waals surface area contributed by atoms with E-state index in [1.807, 2.05) is 0 Å². The summed E-state index contributed by atoms with van der Waals surface area (Å²) in [5, 5.41) is 4.06. The molecule has 2 N–H and O–H groups in total. The van der Waals surface area contributed by atoms with Crippen LogP contribution in [-0.4, -0.2) is 16.7 Å². The summed E-state index contributed by atoms with van der Waals surface area (Å²) in [6, 6.07) is 0. The lowest BCUT2D eigenvalue weighted by Crippen LogP contribution is -2.35. The topological polar surface area (TPSA) is 64.9 Å². The van der Waals surface area contributed by atoms with E-state index in [1.165, 1.54) is 32.1 Å². The molecule has 102 valence electrons. The average Bonchev–Trinajstić information content (AvgIpc) is 2.76. The molecule has 0 spiro atoms. The van der Waals surface area contributed by atoms with Crippen molar-refractivity contribution in [3.8, 4) is 0 Å². The first-order chi connectivity index (χ1) is 8.63. The largest absolute Gasteiger partial charge is 0.339 e. The third kappa shape index (κ3) is 3.31. The van der Waals surface area contributed by atoms with Crippen molar-refractivity contribution in [1.82, 2.24) is 10.1 Å². The lowest BCUT2D eigenvalue weighted by Gasteiger charge is -2.34. The van der Waals surface area contributed by atoms with Gasteiger partial charge in [0.1, 0.15) is 0 Å². The fourth-order valence-corrected chi connectivity index (χ4v) is 2.89. The first-order valence-corrected chi connectivity index (χ1v) is 7.15. The zero-order chi connectivity index (χ0) is 13.0. The Morgan fingerprint density at radius 1 is 1.28 bits per heavy atom. The lowest BCUT2D eigenvalue weighted by molar-refractivity contribution is 0.177. The van der Waals surface area contributed by atoms with Gasteiger partial charge in [0.15, 0.2) is 5.82 Å². The van der Waals surface area contributed by atoms with Crippen molar-refractivity contribution in [2.45, 2.75) is 58.8 Å². The first-order valence-electron chi connectivity index (χ1n) is 7.15. The fraction of sp³-hybridized carbons (Fsp3) is 0.857.